The molecule has 0 spiro atoms. The highest BCUT2D eigenvalue weighted by Gasteiger charge is 2.23. The maximum Gasteiger partial charge on any atom is 0.166 e. The van der Waals surface area contributed by atoms with Crippen LogP contribution in [-0.2, 0) is 0 Å². The SMILES string of the molecule is O=C(c1ccc(Cl)c2ccccc12)C1CCCCCC1. The Kier molecular flexibility index (Phi) is 4.07. The molecule has 0 atom stereocenters. The van der Waals surface area contributed by atoms with Gasteiger partial charge in [-0.05, 0) is 30.4 Å². The Labute approximate surface area is 124 Å². The maximum absolute atomic E-state index is 12.8. The fourth-order valence-corrected chi connectivity index (χ4v) is 3.47. The van der Waals surface area contributed by atoms with E-state index in [-0.39, 0.29) is 5.92 Å². The summed E-state index contributed by atoms with van der Waals surface area (Å²) in [5, 5.41) is 2.70. The van der Waals surface area contributed by atoms with E-state index in [0.717, 1.165) is 34.2 Å². The number of benzene rings is 2. The third kappa shape index (κ3) is 2.60. The molecule has 0 saturated heterocycles. The summed E-state index contributed by atoms with van der Waals surface area (Å²) >= 11 is 6.23. The molecule has 2 aromatic carbocycles. The van der Waals surface area contributed by atoms with Gasteiger partial charge in [0.2, 0.25) is 0 Å². The molecule has 1 fully saturated rings. The molecule has 0 amide bonds. The summed E-state index contributed by atoms with van der Waals surface area (Å²) in [5.74, 6) is 0.502. The van der Waals surface area contributed by atoms with Gasteiger partial charge in [-0.2, -0.15) is 0 Å². The van der Waals surface area contributed by atoms with E-state index in [1.165, 1.54) is 25.7 Å². The molecular weight excluding hydrogens is 268 g/mol. The molecule has 0 heterocycles. The molecule has 0 N–H and O–H groups in total. The molecule has 2 aromatic rings. The Morgan fingerprint density at radius 2 is 1.55 bits per heavy atom. The van der Waals surface area contributed by atoms with Gasteiger partial charge in [0.25, 0.3) is 0 Å². The predicted octanol–water partition coefficient (Wildman–Crippen LogP) is 5.65. The normalized spacial score (nSPS) is 17.1. The van der Waals surface area contributed by atoms with Gasteiger partial charge in [-0.25, -0.2) is 0 Å². The number of hydrogen-bond acceptors (Lipinski definition) is 1. The van der Waals surface area contributed by atoms with Crippen molar-refractivity contribution in [1.29, 1.82) is 0 Å². The highest BCUT2D eigenvalue weighted by molar-refractivity contribution is 6.36. The van der Waals surface area contributed by atoms with Gasteiger partial charge in [0.1, 0.15) is 0 Å². The molecule has 0 aliphatic heterocycles. The van der Waals surface area contributed by atoms with Gasteiger partial charge in [0.15, 0.2) is 5.78 Å². The van der Waals surface area contributed by atoms with Crippen molar-refractivity contribution < 1.29 is 4.79 Å². The summed E-state index contributed by atoms with van der Waals surface area (Å²) < 4.78 is 0. The van der Waals surface area contributed by atoms with Gasteiger partial charge in [0.05, 0.1) is 0 Å². The second kappa shape index (κ2) is 5.97. The van der Waals surface area contributed by atoms with E-state index < -0.39 is 0 Å². The average molecular weight is 287 g/mol. The molecule has 20 heavy (non-hydrogen) atoms. The lowest BCUT2D eigenvalue weighted by atomic mass is 9.89. The number of fused-ring (bicyclic) bond motifs is 1. The van der Waals surface area contributed by atoms with E-state index in [1.54, 1.807) is 0 Å². The lowest BCUT2D eigenvalue weighted by molar-refractivity contribution is 0.0909. The van der Waals surface area contributed by atoms with Gasteiger partial charge >= 0.3 is 0 Å². The van der Waals surface area contributed by atoms with Gasteiger partial charge in [-0.1, -0.05) is 61.5 Å². The molecule has 0 unspecified atom stereocenters. The summed E-state index contributed by atoms with van der Waals surface area (Å²) in [6, 6.07) is 11.7. The number of ketones is 1. The second-order valence-electron chi connectivity index (χ2n) is 5.69. The summed E-state index contributed by atoms with van der Waals surface area (Å²) in [6.07, 6.45) is 6.98. The fourth-order valence-electron chi connectivity index (χ4n) is 3.24. The fraction of sp³-hybridized carbons (Fsp3) is 0.389. The minimum atomic E-state index is 0.196. The van der Waals surface area contributed by atoms with E-state index >= 15 is 0 Å². The van der Waals surface area contributed by atoms with Crippen LogP contribution in [0.1, 0.15) is 48.9 Å². The van der Waals surface area contributed by atoms with Crippen molar-refractivity contribution in [3.8, 4) is 0 Å². The van der Waals surface area contributed by atoms with E-state index in [1.807, 2.05) is 36.4 Å². The van der Waals surface area contributed by atoms with Crippen LogP contribution in [0.2, 0.25) is 5.02 Å². The lowest BCUT2D eigenvalue weighted by Crippen LogP contribution is -2.14. The largest absolute Gasteiger partial charge is 0.294 e. The molecule has 1 aliphatic rings. The highest BCUT2D eigenvalue weighted by Crippen LogP contribution is 2.31. The maximum atomic E-state index is 12.8. The van der Waals surface area contributed by atoms with Crippen LogP contribution in [0.3, 0.4) is 0 Å². The summed E-state index contributed by atoms with van der Waals surface area (Å²) in [4.78, 5) is 12.8. The second-order valence-corrected chi connectivity index (χ2v) is 6.10. The molecule has 0 bridgehead atoms. The van der Waals surface area contributed by atoms with Crippen molar-refractivity contribution in [1.82, 2.24) is 0 Å². The Morgan fingerprint density at radius 3 is 2.25 bits per heavy atom. The summed E-state index contributed by atoms with van der Waals surface area (Å²) in [6.45, 7) is 0. The van der Waals surface area contributed by atoms with Gasteiger partial charge < -0.3 is 0 Å². The molecule has 1 saturated carbocycles. The van der Waals surface area contributed by atoms with E-state index in [9.17, 15) is 4.79 Å². The Balaban J connectivity index is 2.01. The van der Waals surface area contributed by atoms with Gasteiger partial charge in [0, 0.05) is 21.9 Å². The van der Waals surface area contributed by atoms with Gasteiger partial charge in [-0.15, -0.1) is 0 Å². The molecule has 104 valence electrons. The molecule has 1 aliphatic carbocycles. The first-order chi connectivity index (χ1) is 9.77. The van der Waals surface area contributed by atoms with E-state index in [2.05, 4.69) is 0 Å². The van der Waals surface area contributed by atoms with Crippen LogP contribution in [0.4, 0.5) is 0 Å². The van der Waals surface area contributed by atoms with Crippen LogP contribution in [-0.4, -0.2) is 5.78 Å². The molecule has 3 rings (SSSR count). The molecule has 0 aromatic heterocycles. The van der Waals surface area contributed by atoms with Crippen LogP contribution in [0.5, 0.6) is 0 Å². The average Bonchev–Trinajstić information content (AvgIpc) is 2.76. The molecular formula is C18H19ClO. The summed E-state index contributed by atoms with van der Waals surface area (Å²) in [5.41, 5.74) is 0.844. The monoisotopic (exact) mass is 286 g/mol. The zero-order valence-electron chi connectivity index (χ0n) is 11.6. The van der Waals surface area contributed by atoms with Crippen LogP contribution in [0.25, 0.3) is 10.8 Å². The first-order valence-electron chi connectivity index (χ1n) is 7.49. The number of hydrogen-bond donors (Lipinski definition) is 0. The quantitative estimate of drug-likeness (QED) is 0.515. The number of halogens is 1. The first kappa shape index (κ1) is 13.6. The zero-order chi connectivity index (χ0) is 13.9. The highest BCUT2D eigenvalue weighted by atomic mass is 35.5. The van der Waals surface area contributed by atoms with E-state index in [0.29, 0.717) is 5.78 Å². The minimum absolute atomic E-state index is 0.196. The third-order valence-corrected chi connectivity index (χ3v) is 4.69. The minimum Gasteiger partial charge on any atom is -0.294 e. The van der Waals surface area contributed by atoms with Crippen molar-refractivity contribution in [3.63, 3.8) is 0 Å². The zero-order valence-corrected chi connectivity index (χ0v) is 12.3. The number of carbonyl (C=O) groups excluding carboxylic acids is 1. The topological polar surface area (TPSA) is 17.1 Å². The third-order valence-electron chi connectivity index (χ3n) is 4.36. The van der Waals surface area contributed by atoms with Crippen LogP contribution < -0.4 is 0 Å². The Morgan fingerprint density at radius 1 is 0.900 bits per heavy atom. The summed E-state index contributed by atoms with van der Waals surface area (Å²) in [7, 11) is 0. The van der Waals surface area contributed by atoms with Crippen molar-refractivity contribution in [3.05, 3.63) is 47.0 Å². The van der Waals surface area contributed by atoms with Crippen molar-refractivity contribution in [2.45, 2.75) is 38.5 Å². The predicted molar refractivity (Wildman–Crippen MR) is 84.5 cm³/mol. The van der Waals surface area contributed by atoms with Gasteiger partial charge in [-0.3, -0.25) is 4.79 Å². The Bertz CT molecular complexity index is 624. The van der Waals surface area contributed by atoms with Crippen LogP contribution in [0.15, 0.2) is 36.4 Å². The lowest BCUT2D eigenvalue weighted by Gasteiger charge is -2.15. The first-order valence-corrected chi connectivity index (χ1v) is 7.86. The van der Waals surface area contributed by atoms with Crippen LogP contribution >= 0.6 is 11.6 Å². The Hall–Kier alpha value is -1.34. The van der Waals surface area contributed by atoms with Crippen molar-refractivity contribution >= 4 is 28.2 Å². The molecule has 0 radical (unpaired) electrons. The standard InChI is InChI=1S/C18H19ClO/c19-17-12-11-16(14-9-5-6-10-15(14)17)18(20)13-7-3-1-2-4-8-13/h5-6,9-13H,1-4,7-8H2. The number of rotatable bonds is 2. The molecule has 1 nitrogen and oxygen atoms in total. The van der Waals surface area contributed by atoms with Crippen molar-refractivity contribution in [2.24, 2.45) is 5.92 Å². The van der Waals surface area contributed by atoms with E-state index in [4.69, 9.17) is 11.6 Å². The number of Topliss-reactive ketones (excluding diaryl/α,β-unsaturated/α-hetero) is 1. The smallest absolute Gasteiger partial charge is 0.166 e. The van der Waals surface area contributed by atoms with Crippen molar-refractivity contribution in [2.75, 3.05) is 0 Å². The number of carbonyl (C=O) groups is 1. The molecule has 2 heteroatoms. The van der Waals surface area contributed by atoms with Crippen LogP contribution in [0, 0.1) is 5.92 Å².